The van der Waals surface area contributed by atoms with E-state index in [-0.39, 0.29) is 12.2 Å². The second-order valence-corrected chi connectivity index (χ2v) is 8.18. The molecule has 3 rings (SSSR count). The molecule has 0 fully saturated rings. The van der Waals surface area contributed by atoms with E-state index in [2.05, 4.69) is 46.7 Å². The second kappa shape index (κ2) is 9.99. The van der Waals surface area contributed by atoms with Crippen molar-refractivity contribution in [3.8, 4) is 5.75 Å². The maximum atomic E-state index is 13.1. The molecule has 0 aliphatic carbocycles. The van der Waals surface area contributed by atoms with Crippen LogP contribution in [0.3, 0.4) is 0 Å². The van der Waals surface area contributed by atoms with E-state index < -0.39 is 5.97 Å². The van der Waals surface area contributed by atoms with Crippen LogP contribution >= 0.6 is 31.9 Å². The Kier molecular flexibility index (Phi) is 7.38. The van der Waals surface area contributed by atoms with Crippen molar-refractivity contribution < 1.29 is 14.3 Å². The topological polar surface area (TPSA) is 82.8 Å². The number of aryl methyl sites for hydroxylation is 1. The third-order valence-corrected chi connectivity index (χ3v) is 5.19. The monoisotopic (exact) mass is 535 g/mol. The molecule has 0 saturated carbocycles. The van der Waals surface area contributed by atoms with E-state index in [1.807, 2.05) is 13.0 Å². The van der Waals surface area contributed by atoms with Crippen molar-refractivity contribution in [3.05, 3.63) is 67.1 Å². The van der Waals surface area contributed by atoms with Gasteiger partial charge < -0.3 is 9.47 Å². The number of carbonyl (C=O) groups is 1. The highest BCUT2D eigenvalue weighted by atomic mass is 79.9. The van der Waals surface area contributed by atoms with Crippen LogP contribution in [0.2, 0.25) is 0 Å². The van der Waals surface area contributed by atoms with E-state index in [1.165, 1.54) is 18.0 Å². The maximum absolute atomic E-state index is 13.1. The first-order chi connectivity index (χ1) is 14.4. The molecule has 0 N–H and O–H groups in total. The summed E-state index contributed by atoms with van der Waals surface area (Å²) in [5.74, 6) is 0.515. The van der Waals surface area contributed by atoms with E-state index in [4.69, 9.17) is 4.74 Å². The van der Waals surface area contributed by atoms with Crippen molar-refractivity contribution >= 4 is 54.9 Å². The van der Waals surface area contributed by atoms with Crippen LogP contribution in [0.25, 0.3) is 10.9 Å². The lowest BCUT2D eigenvalue weighted by Gasteiger charge is -2.10. The summed E-state index contributed by atoms with van der Waals surface area (Å²) in [6, 6.07) is 10.7. The molecule has 0 spiro atoms. The molecule has 0 aliphatic heterocycles. The van der Waals surface area contributed by atoms with Gasteiger partial charge in [-0.15, -0.1) is 0 Å². The van der Waals surface area contributed by atoms with Gasteiger partial charge >= 0.3 is 5.97 Å². The third kappa shape index (κ3) is 5.14. The smallest absolute Gasteiger partial charge is 0.343 e. The molecule has 0 bridgehead atoms. The summed E-state index contributed by atoms with van der Waals surface area (Å²) in [6.07, 6.45) is 2.93. The quantitative estimate of drug-likeness (QED) is 0.332. The Morgan fingerprint density at radius 2 is 1.93 bits per heavy atom. The number of nitrogens with zero attached hydrogens (tertiary/aromatic N) is 3. The Bertz CT molecular complexity index is 1170. The zero-order valence-electron chi connectivity index (χ0n) is 16.4. The van der Waals surface area contributed by atoms with Gasteiger partial charge in [0.25, 0.3) is 5.56 Å². The minimum atomic E-state index is -0.494. The fourth-order valence-electron chi connectivity index (χ4n) is 2.77. The Hall–Kier alpha value is -2.52. The maximum Gasteiger partial charge on any atom is 0.343 e. The van der Waals surface area contributed by atoms with Gasteiger partial charge in [-0.3, -0.25) is 4.79 Å². The number of carbonyl (C=O) groups excluding carboxylic acids is 1. The lowest BCUT2D eigenvalue weighted by Crippen LogP contribution is -2.22. The average molecular weight is 537 g/mol. The highest BCUT2D eigenvalue weighted by molar-refractivity contribution is 9.10. The van der Waals surface area contributed by atoms with Crippen molar-refractivity contribution in [2.24, 2.45) is 5.10 Å². The van der Waals surface area contributed by atoms with Crippen molar-refractivity contribution in [2.45, 2.75) is 19.8 Å². The number of methoxy groups -OCH3 is 1. The van der Waals surface area contributed by atoms with Crippen molar-refractivity contribution in [1.29, 1.82) is 0 Å². The lowest BCUT2D eigenvalue weighted by atomic mass is 10.2. The SMILES string of the molecule is CCCc1nc2ccc(Br)cc2c(=O)n1N=Cc1cc(Br)ccc1OCC(=O)OC. The van der Waals surface area contributed by atoms with Crippen molar-refractivity contribution in [1.82, 2.24) is 9.66 Å². The van der Waals surface area contributed by atoms with Gasteiger partial charge in [0, 0.05) is 20.9 Å². The minimum Gasteiger partial charge on any atom is -0.481 e. The van der Waals surface area contributed by atoms with Gasteiger partial charge in [0.1, 0.15) is 11.6 Å². The Balaban J connectivity index is 2.06. The van der Waals surface area contributed by atoms with Gasteiger partial charge in [-0.05, 0) is 42.8 Å². The first-order valence-electron chi connectivity index (χ1n) is 9.17. The molecular weight excluding hydrogens is 518 g/mol. The van der Waals surface area contributed by atoms with E-state index in [0.717, 1.165) is 15.4 Å². The second-order valence-electron chi connectivity index (χ2n) is 6.35. The number of aromatic nitrogens is 2. The van der Waals surface area contributed by atoms with Crippen LogP contribution in [-0.2, 0) is 16.0 Å². The van der Waals surface area contributed by atoms with E-state index in [0.29, 0.717) is 34.5 Å². The highest BCUT2D eigenvalue weighted by Gasteiger charge is 2.11. The molecule has 0 aliphatic rings. The zero-order chi connectivity index (χ0) is 21.7. The number of fused-ring (bicyclic) bond motifs is 1. The normalized spacial score (nSPS) is 11.2. The van der Waals surface area contributed by atoms with Crippen LogP contribution in [-0.4, -0.2) is 35.6 Å². The predicted octanol–water partition coefficient (Wildman–Crippen LogP) is 4.31. The number of halogens is 2. The van der Waals surface area contributed by atoms with Crippen molar-refractivity contribution in [3.63, 3.8) is 0 Å². The number of hydrogen-bond acceptors (Lipinski definition) is 6. The molecule has 156 valence electrons. The van der Waals surface area contributed by atoms with Gasteiger partial charge in [0.05, 0.1) is 24.2 Å². The Morgan fingerprint density at radius 1 is 1.20 bits per heavy atom. The summed E-state index contributed by atoms with van der Waals surface area (Å²) in [7, 11) is 1.29. The predicted molar refractivity (Wildman–Crippen MR) is 122 cm³/mol. The Labute approximate surface area is 190 Å². The average Bonchev–Trinajstić information content (AvgIpc) is 2.73. The molecule has 2 aromatic carbocycles. The largest absolute Gasteiger partial charge is 0.481 e. The summed E-state index contributed by atoms with van der Waals surface area (Å²) in [5.41, 5.74) is 0.965. The summed E-state index contributed by atoms with van der Waals surface area (Å²) in [6.45, 7) is 1.78. The van der Waals surface area contributed by atoms with E-state index >= 15 is 0 Å². The van der Waals surface area contributed by atoms with Crippen molar-refractivity contribution in [2.75, 3.05) is 13.7 Å². The summed E-state index contributed by atoms with van der Waals surface area (Å²) in [4.78, 5) is 29.1. The summed E-state index contributed by atoms with van der Waals surface area (Å²) in [5, 5.41) is 4.88. The molecule has 1 aromatic heterocycles. The summed E-state index contributed by atoms with van der Waals surface area (Å²) < 4.78 is 13.0. The molecule has 7 nitrogen and oxygen atoms in total. The standard InChI is InChI=1S/C21H19Br2N3O4/c1-3-4-19-25-17-7-5-15(23)10-16(17)21(28)26(19)24-11-13-9-14(22)6-8-18(13)30-12-20(27)29-2/h5-11H,3-4,12H2,1-2H3. The van der Waals surface area contributed by atoms with Gasteiger partial charge in [-0.25, -0.2) is 9.78 Å². The molecule has 0 atom stereocenters. The van der Waals surface area contributed by atoms with Crippen LogP contribution in [0.4, 0.5) is 0 Å². The van der Waals surface area contributed by atoms with E-state index in [9.17, 15) is 9.59 Å². The molecule has 0 radical (unpaired) electrons. The van der Waals surface area contributed by atoms with Crippen LogP contribution in [0.5, 0.6) is 5.75 Å². The minimum absolute atomic E-state index is 0.231. The highest BCUT2D eigenvalue weighted by Crippen LogP contribution is 2.22. The number of rotatable bonds is 7. The molecule has 0 saturated heterocycles. The first-order valence-corrected chi connectivity index (χ1v) is 10.8. The molecule has 30 heavy (non-hydrogen) atoms. The number of ether oxygens (including phenoxy) is 2. The van der Waals surface area contributed by atoms with Crippen LogP contribution in [0.1, 0.15) is 24.7 Å². The summed E-state index contributed by atoms with van der Waals surface area (Å²) >= 11 is 6.81. The number of benzene rings is 2. The van der Waals surface area contributed by atoms with Gasteiger partial charge in [0.15, 0.2) is 6.61 Å². The van der Waals surface area contributed by atoms with Gasteiger partial charge in [0.2, 0.25) is 0 Å². The Morgan fingerprint density at radius 3 is 2.67 bits per heavy atom. The molecule has 9 heteroatoms. The zero-order valence-corrected chi connectivity index (χ0v) is 19.6. The van der Waals surface area contributed by atoms with E-state index in [1.54, 1.807) is 30.3 Å². The molecule has 0 unspecified atom stereocenters. The van der Waals surface area contributed by atoms with Gasteiger partial charge in [-0.1, -0.05) is 38.8 Å². The van der Waals surface area contributed by atoms with Gasteiger partial charge in [-0.2, -0.15) is 9.78 Å². The fraction of sp³-hybridized carbons (Fsp3) is 0.238. The molecule has 3 aromatic rings. The number of esters is 1. The molecule has 0 amide bonds. The lowest BCUT2D eigenvalue weighted by molar-refractivity contribution is -0.142. The van der Waals surface area contributed by atoms with Crippen LogP contribution in [0, 0.1) is 0 Å². The van der Waals surface area contributed by atoms with Crippen LogP contribution in [0.15, 0.2) is 55.2 Å². The number of hydrogen-bond donors (Lipinski definition) is 0. The molecular formula is C21H19Br2N3O4. The van der Waals surface area contributed by atoms with Crippen LogP contribution < -0.4 is 10.3 Å². The fourth-order valence-corrected chi connectivity index (χ4v) is 3.51. The molecule has 1 heterocycles. The first kappa shape index (κ1) is 22.2. The third-order valence-electron chi connectivity index (χ3n) is 4.21.